The highest BCUT2D eigenvalue weighted by Crippen LogP contribution is 2.39. The molecular weight excluding hydrogens is 238 g/mol. The fourth-order valence-corrected chi connectivity index (χ4v) is 1.75. The summed E-state index contributed by atoms with van der Waals surface area (Å²) in [6.07, 6.45) is 6.30. The zero-order valence-corrected chi connectivity index (χ0v) is 10.5. The molecule has 0 radical (unpaired) electrons. The van der Waals surface area contributed by atoms with Crippen molar-refractivity contribution in [3.05, 3.63) is 28.8 Å². The molecule has 3 nitrogen and oxygen atoms in total. The van der Waals surface area contributed by atoms with Crippen LogP contribution in [-0.4, -0.2) is 19.8 Å². The average Bonchev–Trinajstić information content (AvgIpc) is 3.12. The summed E-state index contributed by atoms with van der Waals surface area (Å²) in [5.41, 5.74) is 6.37. The van der Waals surface area contributed by atoms with E-state index < -0.39 is 0 Å². The van der Waals surface area contributed by atoms with Gasteiger partial charge in [0.2, 0.25) is 0 Å². The molecule has 1 aliphatic carbocycles. The van der Waals surface area contributed by atoms with Crippen molar-refractivity contribution in [1.82, 2.24) is 0 Å². The Kier molecular flexibility index (Phi) is 3.92. The van der Waals surface area contributed by atoms with Gasteiger partial charge in [0.25, 0.3) is 0 Å². The quantitative estimate of drug-likeness (QED) is 0.878. The predicted octanol–water partition coefficient (Wildman–Crippen LogP) is 2.86. The fourth-order valence-electron chi connectivity index (χ4n) is 1.54. The van der Waals surface area contributed by atoms with Crippen LogP contribution in [0.1, 0.15) is 18.4 Å². The van der Waals surface area contributed by atoms with Gasteiger partial charge in [-0.2, -0.15) is 0 Å². The number of hydrogen-bond donors (Lipinski definition) is 1. The molecule has 17 heavy (non-hydrogen) atoms. The first-order valence-electron chi connectivity index (χ1n) is 5.65. The van der Waals surface area contributed by atoms with Crippen molar-refractivity contribution >= 4 is 17.7 Å². The van der Waals surface area contributed by atoms with E-state index in [9.17, 15) is 0 Å². The summed E-state index contributed by atoms with van der Waals surface area (Å²) in [5, 5.41) is 0.627. The Balaban J connectivity index is 2.37. The van der Waals surface area contributed by atoms with Crippen LogP contribution in [0, 0.1) is 0 Å². The first-order valence-corrected chi connectivity index (χ1v) is 6.03. The molecule has 0 aromatic heterocycles. The Labute approximate surface area is 106 Å². The molecule has 0 spiro atoms. The van der Waals surface area contributed by atoms with E-state index in [4.69, 9.17) is 26.8 Å². The van der Waals surface area contributed by atoms with E-state index in [1.165, 1.54) is 0 Å². The molecule has 0 aliphatic heterocycles. The van der Waals surface area contributed by atoms with Crippen LogP contribution in [-0.2, 0) is 0 Å². The minimum Gasteiger partial charge on any atom is -0.493 e. The minimum atomic E-state index is 0.315. The summed E-state index contributed by atoms with van der Waals surface area (Å²) in [5.74, 6) is 1.42. The van der Waals surface area contributed by atoms with Gasteiger partial charge in [0.1, 0.15) is 0 Å². The lowest BCUT2D eigenvalue weighted by atomic mass is 10.1. The van der Waals surface area contributed by atoms with Gasteiger partial charge in [0.15, 0.2) is 11.5 Å². The van der Waals surface area contributed by atoms with Gasteiger partial charge in [-0.3, -0.25) is 0 Å². The SMILES string of the molecule is COc1cc(Cl)cc(/C=C/CN)c1OC1CC1. The first kappa shape index (κ1) is 12.3. The van der Waals surface area contributed by atoms with Gasteiger partial charge in [0, 0.05) is 23.2 Å². The van der Waals surface area contributed by atoms with Gasteiger partial charge in [-0.25, -0.2) is 0 Å². The van der Waals surface area contributed by atoms with Crippen LogP contribution in [0.4, 0.5) is 0 Å². The van der Waals surface area contributed by atoms with E-state index in [1.54, 1.807) is 13.2 Å². The molecule has 2 N–H and O–H groups in total. The highest BCUT2D eigenvalue weighted by atomic mass is 35.5. The third-order valence-electron chi connectivity index (χ3n) is 2.51. The maximum Gasteiger partial charge on any atom is 0.168 e. The normalized spacial score (nSPS) is 15.2. The smallest absolute Gasteiger partial charge is 0.168 e. The highest BCUT2D eigenvalue weighted by molar-refractivity contribution is 6.31. The number of hydrogen-bond acceptors (Lipinski definition) is 3. The highest BCUT2D eigenvalue weighted by Gasteiger charge is 2.26. The van der Waals surface area contributed by atoms with Gasteiger partial charge in [-0.05, 0) is 18.9 Å². The van der Waals surface area contributed by atoms with Crippen molar-refractivity contribution in [2.24, 2.45) is 5.73 Å². The summed E-state index contributed by atoms with van der Waals surface area (Å²) in [4.78, 5) is 0. The monoisotopic (exact) mass is 253 g/mol. The van der Waals surface area contributed by atoms with Crippen LogP contribution in [0.3, 0.4) is 0 Å². The van der Waals surface area contributed by atoms with E-state index in [-0.39, 0.29) is 0 Å². The number of rotatable bonds is 5. The summed E-state index contributed by atoms with van der Waals surface area (Å²) in [6.45, 7) is 0.484. The molecular formula is C13H16ClNO2. The number of nitrogens with two attached hydrogens (primary N) is 1. The fraction of sp³-hybridized carbons (Fsp3) is 0.385. The molecule has 0 heterocycles. The lowest BCUT2D eigenvalue weighted by Crippen LogP contribution is -2.01. The van der Waals surface area contributed by atoms with Gasteiger partial charge in [-0.15, -0.1) is 0 Å². The van der Waals surface area contributed by atoms with Crippen molar-refractivity contribution in [2.75, 3.05) is 13.7 Å². The zero-order valence-electron chi connectivity index (χ0n) is 9.78. The largest absolute Gasteiger partial charge is 0.493 e. The number of benzene rings is 1. The van der Waals surface area contributed by atoms with Crippen molar-refractivity contribution in [3.8, 4) is 11.5 Å². The van der Waals surface area contributed by atoms with Crippen LogP contribution in [0.5, 0.6) is 11.5 Å². The molecule has 0 saturated heterocycles. The van der Waals surface area contributed by atoms with Crippen LogP contribution in [0.15, 0.2) is 18.2 Å². The average molecular weight is 254 g/mol. The summed E-state index contributed by atoms with van der Waals surface area (Å²) in [6, 6.07) is 3.62. The van der Waals surface area contributed by atoms with E-state index in [2.05, 4.69) is 0 Å². The van der Waals surface area contributed by atoms with Crippen molar-refractivity contribution < 1.29 is 9.47 Å². The number of halogens is 1. The van der Waals surface area contributed by atoms with Crippen LogP contribution in [0.25, 0.3) is 6.08 Å². The molecule has 0 atom stereocenters. The van der Waals surface area contributed by atoms with Crippen LogP contribution in [0.2, 0.25) is 5.02 Å². The lowest BCUT2D eigenvalue weighted by molar-refractivity contribution is 0.281. The molecule has 1 fully saturated rings. The Bertz CT molecular complexity index is 428. The second-order valence-electron chi connectivity index (χ2n) is 3.98. The van der Waals surface area contributed by atoms with Gasteiger partial charge in [0.05, 0.1) is 13.2 Å². The second-order valence-corrected chi connectivity index (χ2v) is 4.42. The van der Waals surface area contributed by atoms with E-state index in [0.717, 1.165) is 24.2 Å². The van der Waals surface area contributed by atoms with Crippen molar-refractivity contribution in [3.63, 3.8) is 0 Å². The summed E-state index contributed by atoms with van der Waals surface area (Å²) < 4.78 is 11.2. The molecule has 1 aliphatic rings. The third-order valence-corrected chi connectivity index (χ3v) is 2.73. The molecule has 2 rings (SSSR count). The third kappa shape index (κ3) is 3.14. The molecule has 1 saturated carbocycles. The van der Waals surface area contributed by atoms with Crippen molar-refractivity contribution in [2.45, 2.75) is 18.9 Å². The van der Waals surface area contributed by atoms with Gasteiger partial charge in [-0.1, -0.05) is 23.8 Å². The molecule has 1 aromatic carbocycles. The molecule has 4 heteroatoms. The second kappa shape index (κ2) is 5.43. The Morgan fingerprint density at radius 3 is 2.82 bits per heavy atom. The molecule has 0 bridgehead atoms. The Hall–Kier alpha value is -1.19. The van der Waals surface area contributed by atoms with Crippen molar-refractivity contribution in [1.29, 1.82) is 0 Å². The van der Waals surface area contributed by atoms with Crippen LogP contribution < -0.4 is 15.2 Å². The van der Waals surface area contributed by atoms with E-state index in [1.807, 2.05) is 18.2 Å². The predicted molar refractivity (Wildman–Crippen MR) is 69.7 cm³/mol. The summed E-state index contributed by atoms with van der Waals surface area (Å²) >= 11 is 6.03. The maximum absolute atomic E-state index is 6.03. The Morgan fingerprint density at radius 1 is 1.47 bits per heavy atom. The van der Waals surface area contributed by atoms with Gasteiger partial charge >= 0.3 is 0 Å². The number of ether oxygens (including phenoxy) is 2. The molecule has 92 valence electrons. The molecule has 0 amide bonds. The summed E-state index contributed by atoms with van der Waals surface area (Å²) in [7, 11) is 1.61. The van der Waals surface area contributed by atoms with Crippen LogP contribution >= 0.6 is 11.6 Å². The Morgan fingerprint density at radius 2 is 2.24 bits per heavy atom. The van der Waals surface area contributed by atoms with Gasteiger partial charge < -0.3 is 15.2 Å². The molecule has 1 aromatic rings. The topological polar surface area (TPSA) is 44.5 Å². The maximum atomic E-state index is 6.03. The standard InChI is InChI=1S/C13H16ClNO2/c1-16-12-8-10(14)7-9(3-2-6-15)13(12)17-11-4-5-11/h2-3,7-8,11H,4-6,15H2,1H3/b3-2+. The lowest BCUT2D eigenvalue weighted by Gasteiger charge is -2.13. The number of methoxy groups -OCH3 is 1. The zero-order chi connectivity index (χ0) is 12.3. The first-order chi connectivity index (χ1) is 8.24. The molecule has 0 unspecified atom stereocenters. The van der Waals surface area contributed by atoms with E-state index in [0.29, 0.717) is 23.4 Å². The van der Waals surface area contributed by atoms with E-state index >= 15 is 0 Å². The minimum absolute atomic E-state index is 0.315.